The van der Waals surface area contributed by atoms with Gasteiger partial charge in [-0.2, -0.15) is 0 Å². The van der Waals surface area contributed by atoms with Crippen LogP contribution in [0.3, 0.4) is 0 Å². The van der Waals surface area contributed by atoms with Gasteiger partial charge in [0.2, 0.25) is 0 Å². The van der Waals surface area contributed by atoms with E-state index in [0.717, 1.165) is 12.8 Å². The highest BCUT2D eigenvalue weighted by Crippen LogP contribution is 2.22. The highest BCUT2D eigenvalue weighted by atomic mass is 35.5. The van der Waals surface area contributed by atoms with Crippen molar-refractivity contribution in [3.05, 3.63) is 28.2 Å². The highest BCUT2D eigenvalue weighted by molar-refractivity contribution is 6.35. The Labute approximate surface area is 123 Å². The molecule has 106 valence electrons. The van der Waals surface area contributed by atoms with Crippen LogP contribution in [-0.2, 0) is 0 Å². The average Bonchev–Trinajstić information content (AvgIpc) is 2.33. The van der Waals surface area contributed by atoms with Gasteiger partial charge in [0.15, 0.2) is 0 Å². The zero-order valence-corrected chi connectivity index (χ0v) is 12.3. The quantitative estimate of drug-likeness (QED) is 0.704. The first-order valence-corrected chi connectivity index (χ1v) is 6.88. The average molecular weight is 305 g/mol. The maximum atomic E-state index is 11.6. The van der Waals surface area contributed by atoms with E-state index in [4.69, 9.17) is 28.3 Å². The van der Waals surface area contributed by atoms with Crippen LogP contribution in [-0.4, -0.2) is 24.3 Å². The third-order valence-electron chi connectivity index (χ3n) is 2.59. The third kappa shape index (κ3) is 6.66. The van der Waals surface area contributed by atoms with E-state index in [2.05, 4.69) is 10.6 Å². The summed E-state index contributed by atoms with van der Waals surface area (Å²) in [5.74, 6) is 0.261. The Kier molecular flexibility index (Phi) is 6.99. The highest BCUT2D eigenvalue weighted by Gasteiger charge is 2.04. The zero-order valence-electron chi connectivity index (χ0n) is 10.7. The number of anilines is 1. The van der Waals surface area contributed by atoms with E-state index in [-0.39, 0.29) is 18.6 Å². The predicted molar refractivity (Wildman–Crippen MR) is 79.0 cm³/mol. The number of nitrogens with one attached hydrogen (secondary N) is 2. The van der Waals surface area contributed by atoms with Crippen molar-refractivity contribution in [1.82, 2.24) is 5.32 Å². The van der Waals surface area contributed by atoms with Crippen molar-refractivity contribution >= 4 is 34.9 Å². The smallest absolute Gasteiger partial charge is 0.319 e. The Hall–Kier alpha value is -0.970. The molecule has 2 amide bonds. The Morgan fingerprint density at radius 2 is 1.95 bits per heavy atom. The molecule has 1 aromatic carbocycles. The van der Waals surface area contributed by atoms with E-state index in [1.54, 1.807) is 18.2 Å². The van der Waals surface area contributed by atoms with Gasteiger partial charge in [-0.25, -0.2) is 4.79 Å². The van der Waals surface area contributed by atoms with Crippen LogP contribution in [0, 0.1) is 5.92 Å². The number of amides is 2. The van der Waals surface area contributed by atoms with Gasteiger partial charge in [-0.1, -0.05) is 30.1 Å². The molecule has 0 heterocycles. The molecule has 4 nitrogen and oxygen atoms in total. The molecule has 0 aliphatic heterocycles. The Morgan fingerprint density at radius 1 is 1.32 bits per heavy atom. The third-order valence-corrected chi connectivity index (χ3v) is 3.03. The van der Waals surface area contributed by atoms with E-state index in [9.17, 15) is 4.79 Å². The first-order valence-electron chi connectivity index (χ1n) is 6.13. The normalized spacial score (nSPS) is 12.0. The number of carbonyl (C=O) groups excluding carboxylic acids is 1. The molecule has 0 aromatic heterocycles. The van der Waals surface area contributed by atoms with Crippen LogP contribution in [0.5, 0.6) is 0 Å². The van der Waals surface area contributed by atoms with Gasteiger partial charge in [0.1, 0.15) is 0 Å². The first kappa shape index (κ1) is 16.1. The lowest BCUT2D eigenvalue weighted by Crippen LogP contribution is -2.29. The van der Waals surface area contributed by atoms with Crippen molar-refractivity contribution in [2.24, 2.45) is 5.92 Å². The fourth-order valence-corrected chi connectivity index (χ4v) is 2.07. The number of hydrogen-bond donors (Lipinski definition) is 3. The number of carbonyl (C=O) groups is 1. The number of aliphatic hydroxyl groups is 1. The summed E-state index contributed by atoms with van der Waals surface area (Å²) in [4.78, 5) is 11.6. The van der Waals surface area contributed by atoms with Gasteiger partial charge in [0.25, 0.3) is 0 Å². The molecular weight excluding hydrogens is 287 g/mol. The lowest BCUT2D eigenvalue weighted by atomic mass is 10.1. The molecular formula is C13H18Cl2N2O2. The summed E-state index contributed by atoms with van der Waals surface area (Å²) >= 11 is 11.7. The molecule has 1 aromatic rings. The second-order valence-corrected chi connectivity index (χ2v) is 5.34. The van der Waals surface area contributed by atoms with Crippen LogP contribution in [0.2, 0.25) is 10.0 Å². The van der Waals surface area contributed by atoms with Crippen LogP contribution in [0.4, 0.5) is 10.5 Å². The van der Waals surface area contributed by atoms with Crippen LogP contribution in [0.25, 0.3) is 0 Å². The van der Waals surface area contributed by atoms with Crippen LogP contribution in [0.1, 0.15) is 19.8 Å². The monoisotopic (exact) mass is 304 g/mol. The molecule has 0 aliphatic carbocycles. The molecule has 0 saturated carbocycles. The zero-order chi connectivity index (χ0) is 14.3. The Balaban J connectivity index is 2.31. The van der Waals surface area contributed by atoms with E-state index >= 15 is 0 Å². The van der Waals surface area contributed by atoms with E-state index in [1.165, 1.54) is 0 Å². The lowest BCUT2D eigenvalue weighted by Gasteiger charge is -2.10. The first-order chi connectivity index (χ1) is 9.01. The maximum absolute atomic E-state index is 11.6. The molecule has 0 spiro atoms. The molecule has 0 bridgehead atoms. The van der Waals surface area contributed by atoms with Gasteiger partial charge in [-0.15, -0.1) is 0 Å². The summed E-state index contributed by atoms with van der Waals surface area (Å²) in [5.41, 5.74) is 0.554. The topological polar surface area (TPSA) is 61.4 Å². The maximum Gasteiger partial charge on any atom is 0.319 e. The molecule has 1 unspecified atom stereocenters. The lowest BCUT2D eigenvalue weighted by molar-refractivity contribution is 0.227. The van der Waals surface area contributed by atoms with Gasteiger partial charge in [-0.3, -0.25) is 0 Å². The van der Waals surface area contributed by atoms with Gasteiger partial charge < -0.3 is 15.7 Å². The Morgan fingerprint density at radius 3 is 2.53 bits per heavy atom. The van der Waals surface area contributed by atoms with Crippen molar-refractivity contribution in [2.45, 2.75) is 19.8 Å². The number of rotatable bonds is 6. The number of halogens is 2. The fourth-order valence-electron chi connectivity index (χ4n) is 1.55. The van der Waals surface area contributed by atoms with Crippen LogP contribution < -0.4 is 10.6 Å². The largest absolute Gasteiger partial charge is 0.396 e. The summed E-state index contributed by atoms with van der Waals surface area (Å²) in [5, 5.41) is 15.2. The van der Waals surface area contributed by atoms with Crippen molar-refractivity contribution in [3.8, 4) is 0 Å². The minimum atomic E-state index is -0.296. The number of urea groups is 1. The molecule has 3 N–H and O–H groups in total. The fraction of sp³-hybridized carbons (Fsp3) is 0.462. The number of benzene rings is 1. The van der Waals surface area contributed by atoms with Crippen molar-refractivity contribution < 1.29 is 9.90 Å². The molecule has 6 heteroatoms. The summed E-state index contributed by atoms with van der Waals surface area (Å²) in [6.07, 6.45) is 1.70. The molecule has 1 atom stereocenters. The molecule has 0 radical (unpaired) electrons. The van der Waals surface area contributed by atoms with Crippen LogP contribution >= 0.6 is 23.2 Å². The SMILES string of the molecule is CC(CO)CCCNC(=O)Nc1cc(Cl)cc(Cl)c1. The summed E-state index contributed by atoms with van der Waals surface area (Å²) in [6, 6.07) is 4.56. The van der Waals surface area contributed by atoms with Crippen molar-refractivity contribution in [2.75, 3.05) is 18.5 Å². The van der Waals surface area contributed by atoms with Gasteiger partial charge in [-0.05, 0) is 37.0 Å². The van der Waals surface area contributed by atoms with E-state index in [0.29, 0.717) is 22.3 Å². The molecule has 0 fully saturated rings. The van der Waals surface area contributed by atoms with Crippen molar-refractivity contribution in [1.29, 1.82) is 0 Å². The van der Waals surface area contributed by atoms with Crippen LogP contribution in [0.15, 0.2) is 18.2 Å². The van der Waals surface area contributed by atoms with E-state index in [1.807, 2.05) is 6.92 Å². The minimum absolute atomic E-state index is 0.174. The number of hydrogen-bond acceptors (Lipinski definition) is 2. The van der Waals surface area contributed by atoms with Gasteiger partial charge in [0, 0.05) is 28.9 Å². The number of aliphatic hydroxyl groups excluding tert-OH is 1. The second kappa shape index (κ2) is 8.25. The molecule has 0 aliphatic rings. The van der Waals surface area contributed by atoms with Gasteiger partial charge >= 0.3 is 6.03 Å². The predicted octanol–water partition coefficient (Wildman–Crippen LogP) is 3.52. The van der Waals surface area contributed by atoms with Crippen molar-refractivity contribution in [3.63, 3.8) is 0 Å². The van der Waals surface area contributed by atoms with Gasteiger partial charge in [0.05, 0.1) is 0 Å². The minimum Gasteiger partial charge on any atom is -0.396 e. The molecule has 19 heavy (non-hydrogen) atoms. The standard InChI is InChI=1S/C13H18Cl2N2O2/c1-9(8-18)3-2-4-16-13(19)17-12-6-10(14)5-11(15)7-12/h5-7,9,18H,2-4,8H2,1H3,(H2,16,17,19). The molecule has 0 saturated heterocycles. The van der Waals surface area contributed by atoms with E-state index < -0.39 is 0 Å². The molecule has 1 rings (SSSR count). The summed E-state index contributed by atoms with van der Waals surface area (Å²) in [6.45, 7) is 2.70. The second-order valence-electron chi connectivity index (χ2n) is 4.47. The summed E-state index contributed by atoms with van der Waals surface area (Å²) < 4.78 is 0. The summed E-state index contributed by atoms with van der Waals surface area (Å²) in [7, 11) is 0. The Bertz CT molecular complexity index is 407.